The van der Waals surface area contributed by atoms with Crippen molar-refractivity contribution < 1.29 is 37.0 Å². The van der Waals surface area contributed by atoms with Crippen LogP contribution in [0.5, 0.6) is 23.0 Å². The average Bonchev–Trinajstić information content (AvgIpc) is 4.04. The van der Waals surface area contributed by atoms with E-state index < -0.39 is 34.7 Å². The highest BCUT2D eigenvalue weighted by Crippen LogP contribution is 2.48. The van der Waals surface area contributed by atoms with Crippen molar-refractivity contribution in [1.82, 2.24) is 15.2 Å². The van der Waals surface area contributed by atoms with Gasteiger partial charge in [-0.15, -0.1) is 0 Å². The normalized spacial score (nSPS) is 17.9. The summed E-state index contributed by atoms with van der Waals surface area (Å²) < 4.78 is 60.1. The van der Waals surface area contributed by atoms with Crippen LogP contribution in [0.4, 0.5) is 24.5 Å². The quantitative estimate of drug-likeness (QED) is 0.147. The fraction of sp³-hybridized carbons (Fsp3) is 0.378. The van der Waals surface area contributed by atoms with Gasteiger partial charge in [-0.3, -0.25) is 14.6 Å². The average molecular weight is 690 g/mol. The van der Waals surface area contributed by atoms with Crippen LogP contribution in [0, 0.1) is 22.9 Å². The highest BCUT2D eigenvalue weighted by molar-refractivity contribution is 6.16. The van der Waals surface area contributed by atoms with Crippen molar-refractivity contribution in [2.45, 2.75) is 50.1 Å². The maximum Gasteiger partial charge on any atom is 0.240 e. The van der Waals surface area contributed by atoms with Gasteiger partial charge in [0.25, 0.3) is 0 Å². The zero-order chi connectivity index (χ0) is 35.0. The molecule has 50 heavy (non-hydrogen) atoms. The number of hydrogen-bond acceptors (Lipinski definition) is 8. The molecule has 2 amide bonds. The molecule has 0 bridgehead atoms. The van der Waals surface area contributed by atoms with E-state index in [9.17, 15) is 18.4 Å². The second kappa shape index (κ2) is 13.4. The second-order valence-corrected chi connectivity index (χ2v) is 13.5. The van der Waals surface area contributed by atoms with Crippen molar-refractivity contribution in [3.63, 3.8) is 0 Å². The Kier molecular flexibility index (Phi) is 9.04. The van der Waals surface area contributed by atoms with Crippen molar-refractivity contribution in [2.75, 3.05) is 44.5 Å². The van der Waals surface area contributed by atoms with E-state index in [4.69, 9.17) is 14.2 Å². The van der Waals surface area contributed by atoms with E-state index in [1.165, 1.54) is 18.2 Å². The Morgan fingerprint density at radius 3 is 2.12 bits per heavy atom. The van der Waals surface area contributed by atoms with E-state index >= 15 is 4.39 Å². The lowest BCUT2D eigenvalue weighted by atomic mass is 10.0. The summed E-state index contributed by atoms with van der Waals surface area (Å²) >= 11 is 0. The van der Waals surface area contributed by atoms with Gasteiger partial charge in [0.1, 0.15) is 17.8 Å². The Morgan fingerprint density at radius 2 is 1.50 bits per heavy atom. The summed E-state index contributed by atoms with van der Waals surface area (Å²) in [5, 5.41) is 9.46. The number of nitrogens with one attached hydrogen (secondary N) is 3. The van der Waals surface area contributed by atoms with Gasteiger partial charge in [0, 0.05) is 47.2 Å². The molecular formula is C37H38F3N5O5. The molecule has 4 aromatic rings. The molecule has 3 aliphatic rings. The van der Waals surface area contributed by atoms with Crippen LogP contribution in [0.15, 0.2) is 60.8 Å². The van der Waals surface area contributed by atoms with Crippen LogP contribution >= 0.6 is 0 Å². The second-order valence-electron chi connectivity index (χ2n) is 13.5. The summed E-state index contributed by atoms with van der Waals surface area (Å²) in [7, 11) is 3.71. The first-order valence-electron chi connectivity index (χ1n) is 16.7. The SMILES string of the molecule is COc1cc2c(Oc3ccc(NC(=O)C4(C(=O)Nc5ccc(F)c(F)c5)CC4)cc3F)ccnc2cc1OCC1(NC2CCN(C)CC2)CC1. The number of pyridine rings is 1. The van der Waals surface area contributed by atoms with Crippen LogP contribution < -0.4 is 30.2 Å². The first-order chi connectivity index (χ1) is 24.1. The predicted molar refractivity (Wildman–Crippen MR) is 181 cm³/mol. The summed E-state index contributed by atoms with van der Waals surface area (Å²) in [4.78, 5) is 32.8. The Morgan fingerprint density at radius 1 is 0.820 bits per heavy atom. The van der Waals surface area contributed by atoms with Crippen LogP contribution in [0.3, 0.4) is 0 Å². The first kappa shape index (κ1) is 33.6. The molecule has 3 fully saturated rings. The third-order valence-electron chi connectivity index (χ3n) is 9.78. The van der Waals surface area contributed by atoms with Crippen molar-refractivity contribution in [3.05, 3.63) is 78.2 Å². The number of anilines is 2. The number of halogens is 3. The van der Waals surface area contributed by atoms with Crippen LogP contribution in [0.25, 0.3) is 10.9 Å². The summed E-state index contributed by atoms with van der Waals surface area (Å²) in [5.74, 6) is -2.94. The van der Waals surface area contributed by atoms with Crippen LogP contribution in [0.2, 0.25) is 0 Å². The smallest absolute Gasteiger partial charge is 0.240 e. The van der Waals surface area contributed by atoms with Gasteiger partial charge in [0.05, 0.1) is 18.2 Å². The fourth-order valence-electron chi connectivity index (χ4n) is 6.31. The highest BCUT2D eigenvalue weighted by Gasteiger charge is 2.56. The third kappa shape index (κ3) is 7.06. The van der Waals surface area contributed by atoms with Crippen LogP contribution in [-0.2, 0) is 9.59 Å². The molecule has 262 valence electrons. The lowest BCUT2D eigenvalue weighted by molar-refractivity contribution is -0.131. The molecule has 1 saturated heterocycles. The number of aromatic nitrogens is 1. The Hall–Kier alpha value is -4.88. The minimum Gasteiger partial charge on any atom is -0.493 e. The minimum absolute atomic E-state index is 0.0211. The van der Waals surface area contributed by atoms with E-state index in [2.05, 4.69) is 32.9 Å². The monoisotopic (exact) mass is 689 g/mol. The molecule has 0 atom stereocenters. The van der Waals surface area contributed by atoms with E-state index in [-0.39, 0.29) is 35.5 Å². The summed E-state index contributed by atoms with van der Waals surface area (Å²) in [6.45, 7) is 2.67. The maximum absolute atomic E-state index is 15.3. The largest absolute Gasteiger partial charge is 0.493 e. The van der Waals surface area contributed by atoms with Crippen LogP contribution in [0.1, 0.15) is 38.5 Å². The van der Waals surface area contributed by atoms with Gasteiger partial charge in [-0.1, -0.05) is 0 Å². The lowest BCUT2D eigenvalue weighted by Gasteiger charge is -2.32. The number of amides is 2. The Bertz CT molecular complexity index is 1940. The van der Waals surface area contributed by atoms with Gasteiger partial charge in [-0.25, -0.2) is 13.2 Å². The zero-order valence-corrected chi connectivity index (χ0v) is 27.8. The molecule has 0 unspecified atom stereocenters. The molecule has 13 heteroatoms. The van der Waals surface area contributed by atoms with E-state index in [1.807, 2.05) is 0 Å². The summed E-state index contributed by atoms with van der Waals surface area (Å²) in [6, 6.07) is 12.5. The maximum atomic E-state index is 15.3. The number of benzene rings is 3. The topological polar surface area (TPSA) is 114 Å². The van der Waals surface area contributed by atoms with Gasteiger partial charge < -0.3 is 35.1 Å². The number of carbonyl (C=O) groups is 2. The van der Waals surface area contributed by atoms with Crippen molar-refractivity contribution in [2.24, 2.45) is 5.41 Å². The molecule has 2 aliphatic carbocycles. The number of ether oxygens (including phenoxy) is 3. The van der Waals surface area contributed by atoms with E-state index in [0.29, 0.717) is 40.8 Å². The number of piperidine rings is 1. The Labute approximate surface area is 287 Å². The molecule has 3 aromatic carbocycles. The minimum atomic E-state index is -1.41. The number of rotatable bonds is 12. The lowest BCUT2D eigenvalue weighted by Crippen LogP contribution is -2.48. The number of likely N-dealkylation sites (tertiary alicyclic amines) is 1. The molecule has 10 nitrogen and oxygen atoms in total. The molecule has 7 rings (SSSR count). The Balaban J connectivity index is 1.01. The first-order valence-corrected chi connectivity index (χ1v) is 16.7. The van der Waals surface area contributed by atoms with Crippen LogP contribution in [-0.4, -0.2) is 67.1 Å². The fourth-order valence-corrected chi connectivity index (χ4v) is 6.31. The predicted octanol–water partition coefficient (Wildman–Crippen LogP) is 6.41. The molecule has 1 aliphatic heterocycles. The third-order valence-corrected chi connectivity index (χ3v) is 9.78. The van der Waals surface area contributed by atoms with E-state index in [0.717, 1.165) is 57.0 Å². The van der Waals surface area contributed by atoms with Gasteiger partial charge in [-0.2, -0.15) is 0 Å². The molecule has 2 saturated carbocycles. The van der Waals surface area contributed by atoms with Gasteiger partial charge in [-0.05, 0) is 95.1 Å². The highest BCUT2D eigenvalue weighted by atomic mass is 19.2. The molecular weight excluding hydrogens is 651 g/mol. The molecule has 1 aromatic heterocycles. The van der Waals surface area contributed by atoms with Gasteiger partial charge in [0.15, 0.2) is 34.7 Å². The standard InChI is InChI=1S/C37H38F3N5O5/c1-45-15-8-22(9-16-45)44-36(10-11-36)21-49-33-20-29-25(19-32(33)48-2)30(7-14-41-29)50-31-6-4-24(18-28(31)40)43-35(47)37(12-13-37)34(46)42-23-3-5-26(38)27(39)17-23/h3-7,14,17-20,22,44H,8-13,15-16,21H2,1-2H3,(H,42,46)(H,43,47). The zero-order valence-electron chi connectivity index (χ0n) is 27.8. The van der Waals surface area contributed by atoms with Crippen molar-refractivity contribution in [3.8, 4) is 23.0 Å². The molecule has 0 radical (unpaired) electrons. The number of hydrogen-bond donors (Lipinski definition) is 3. The number of methoxy groups -OCH3 is 1. The number of nitrogens with zero attached hydrogens (tertiary/aromatic N) is 2. The van der Waals surface area contributed by atoms with Crippen molar-refractivity contribution in [1.29, 1.82) is 0 Å². The summed E-state index contributed by atoms with van der Waals surface area (Å²) in [6.07, 6.45) is 6.40. The number of carbonyl (C=O) groups excluding carboxylic acids is 2. The number of fused-ring (bicyclic) bond motifs is 1. The summed E-state index contributed by atoms with van der Waals surface area (Å²) in [5.41, 5.74) is -0.733. The molecule has 3 N–H and O–H groups in total. The molecule has 0 spiro atoms. The van der Waals surface area contributed by atoms with Gasteiger partial charge in [0.2, 0.25) is 11.8 Å². The molecule has 2 heterocycles. The van der Waals surface area contributed by atoms with Crippen molar-refractivity contribution >= 4 is 34.1 Å². The van der Waals surface area contributed by atoms with Gasteiger partial charge >= 0.3 is 0 Å². The van der Waals surface area contributed by atoms with E-state index in [1.54, 1.807) is 31.5 Å².